The fraction of sp³-hybridized carbons (Fsp3) is 0.667. The van der Waals surface area contributed by atoms with E-state index in [1.54, 1.807) is 0 Å². The van der Waals surface area contributed by atoms with Crippen LogP contribution >= 0.6 is 0 Å². The number of nitrogens with zero attached hydrogens (tertiary/aromatic N) is 3. The molecule has 2 aliphatic rings. The summed E-state index contributed by atoms with van der Waals surface area (Å²) in [5.74, 6) is -0.893. The van der Waals surface area contributed by atoms with Crippen LogP contribution in [0.5, 0.6) is 0 Å². The van der Waals surface area contributed by atoms with E-state index in [1.165, 1.54) is 17.3 Å². The average molecular weight is 264 g/mol. The first-order chi connectivity index (χ1) is 9.15. The van der Waals surface area contributed by atoms with Crippen LogP contribution in [0.25, 0.3) is 0 Å². The predicted octanol–water partition coefficient (Wildman–Crippen LogP) is -0.106. The number of hydrogen-bond acceptors (Lipinski definition) is 4. The van der Waals surface area contributed by atoms with Crippen molar-refractivity contribution in [1.82, 2.24) is 20.1 Å². The van der Waals surface area contributed by atoms with Crippen LogP contribution in [-0.2, 0) is 16.1 Å². The number of carbonyl (C=O) groups excluding carboxylic acids is 1. The number of aliphatic carboxylic acids is 1. The second-order valence-electron chi connectivity index (χ2n) is 5.38. The number of nitrogens with one attached hydrogen (secondary N) is 1. The zero-order valence-electron chi connectivity index (χ0n) is 10.4. The Bertz CT molecular complexity index is 487. The molecule has 2 saturated carbocycles. The van der Waals surface area contributed by atoms with Crippen molar-refractivity contribution in [2.24, 2.45) is 17.8 Å². The molecule has 2 fully saturated rings. The Balaban J connectivity index is 1.65. The molecule has 2 aliphatic carbocycles. The van der Waals surface area contributed by atoms with Crippen LogP contribution in [-0.4, -0.2) is 37.8 Å². The monoisotopic (exact) mass is 264 g/mol. The van der Waals surface area contributed by atoms with Gasteiger partial charge in [0, 0.05) is 6.04 Å². The van der Waals surface area contributed by atoms with E-state index < -0.39 is 11.9 Å². The van der Waals surface area contributed by atoms with Crippen molar-refractivity contribution in [2.75, 3.05) is 0 Å². The highest BCUT2D eigenvalue weighted by Gasteiger charge is 2.51. The van der Waals surface area contributed by atoms with Crippen molar-refractivity contribution in [2.45, 2.75) is 31.8 Å². The lowest BCUT2D eigenvalue weighted by Crippen LogP contribution is -2.47. The number of hydrogen-bond donors (Lipinski definition) is 2. The Morgan fingerprint density at radius 2 is 2.16 bits per heavy atom. The summed E-state index contributed by atoms with van der Waals surface area (Å²) in [6.07, 6.45) is 5.74. The summed E-state index contributed by atoms with van der Waals surface area (Å²) in [4.78, 5) is 27.0. The molecule has 0 saturated heterocycles. The van der Waals surface area contributed by atoms with Gasteiger partial charge in [-0.25, -0.2) is 9.67 Å². The van der Waals surface area contributed by atoms with Gasteiger partial charge in [0.15, 0.2) is 0 Å². The maximum atomic E-state index is 11.9. The Labute approximate surface area is 110 Å². The van der Waals surface area contributed by atoms with E-state index in [4.69, 9.17) is 0 Å². The van der Waals surface area contributed by atoms with E-state index in [9.17, 15) is 14.7 Å². The second-order valence-corrected chi connectivity index (χ2v) is 5.38. The van der Waals surface area contributed by atoms with Crippen LogP contribution in [0, 0.1) is 17.8 Å². The third-order valence-corrected chi connectivity index (χ3v) is 4.30. The van der Waals surface area contributed by atoms with E-state index in [-0.39, 0.29) is 24.4 Å². The molecule has 0 aliphatic heterocycles. The van der Waals surface area contributed by atoms with Gasteiger partial charge in [-0.1, -0.05) is 0 Å². The Kier molecular flexibility index (Phi) is 2.96. The van der Waals surface area contributed by atoms with Crippen LogP contribution in [0.4, 0.5) is 0 Å². The molecule has 2 bridgehead atoms. The fourth-order valence-corrected chi connectivity index (χ4v) is 3.55. The SMILES string of the molecule is O=C(Cn1cncn1)NC1C2CCC(C2)C1C(=O)O. The molecule has 1 amide bonds. The molecule has 1 heterocycles. The van der Waals surface area contributed by atoms with Gasteiger partial charge in [0.25, 0.3) is 0 Å². The second kappa shape index (κ2) is 4.64. The number of fused-ring (bicyclic) bond motifs is 2. The zero-order valence-corrected chi connectivity index (χ0v) is 10.4. The largest absolute Gasteiger partial charge is 0.481 e. The molecular weight excluding hydrogens is 248 g/mol. The molecule has 0 spiro atoms. The molecule has 102 valence electrons. The minimum absolute atomic E-state index is 0.0836. The molecule has 1 aromatic heterocycles. The van der Waals surface area contributed by atoms with Crippen molar-refractivity contribution in [3.05, 3.63) is 12.7 Å². The lowest BCUT2D eigenvalue weighted by molar-refractivity contribution is -0.144. The highest BCUT2D eigenvalue weighted by Crippen LogP contribution is 2.48. The average Bonchev–Trinajstić information content (AvgIpc) is 3.03. The number of amides is 1. The number of aromatic nitrogens is 3. The minimum Gasteiger partial charge on any atom is -0.481 e. The molecule has 7 nitrogen and oxygen atoms in total. The van der Waals surface area contributed by atoms with Gasteiger partial charge in [-0.3, -0.25) is 9.59 Å². The Hall–Kier alpha value is -1.92. The van der Waals surface area contributed by atoms with Crippen molar-refractivity contribution < 1.29 is 14.7 Å². The van der Waals surface area contributed by atoms with Crippen LogP contribution in [0.1, 0.15) is 19.3 Å². The molecule has 4 unspecified atom stereocenters. The molecule has 3 rings (SSSR count). The molecule has 19 heavy (non-hydrogen) atoms. The van der Waals surface area contributed by atoms with Gasteiger partial charge in [0.05, 0.1) is 5.92 Å². The lowest BCUT2D eigenvalue weighted by Gasteiger charge is -2.28. The lowest BCUT2D eigenvalue weighted by atomic mass is 9.84. The summed E-state index contributed by atoms with van der Waals surface area (Å²) in [5, 5.41) is 16.0. The number of carbonyl (C=O) groups is 2. The smallest absolute Gasteiger partial charge is 0.308 e. The Morgan fingerprint density at radius 1 is 1.37 bits per heavy atom. The van der Waals surface area contributed by atoms with Crippen LogP contribution in [0.15, 0.2) is 12.7 Å². The number of carboxylic acid groups (broad SMARTS) is 1. The topological polar surface area (TPSA) is 97.1 Å². The van der Waals surface area contributed by atoms with Crippen molar-refractivity contribution in [3.8, 4) is 0 Å². The highest BCUT2D eigenvalue weighted by atomic mass is 16.4. The molecule has 0 aromatic carbocycles. The zero-order chi connectivity index (χ0) is 13.4. The van der Waals surface area contributed by atoms with E-state index in [0.29, 0.717) is 5.92 Å². The molecule has 2 N–H and O–H groups in total. The fourth-order valence-electron chi connectivity index (χ4n) is 3.55. The molecule has 4 atom stereocenters. The molecule has 1 aromatic rings. The van der Waals surface area contributed by atoms with Crippen molar-refractivity contribution >= 4 is 11.9 Å². The molecule has 0 radical (unpaired) electrons. The summed E-state index contributed by atoms with van der Waals surface area (Å²) >= 11 is 0. The van der Waals surface area contributed by atoms with Gasteiger partial charge >= 0.3 is 5.97 Å². The quantitative estimate of drug-likeness (QED) is 0.791. The summed E-state index contributed by atoms with van der Waals surface area (Å²) in [5.41, 5.74) is 0. The number of rotatable bonds is 4. The van der Waals surface area contributed by atoms with Crippen LogP contribution in [0.2, 0.25) is 0 Å². The third kappa shape index (κ3) is 2.20. The number of carboxylic acids is 1. The van der Waals surface area contributed by atoms with Crippen LogP contribution < -0.4 is 5.32 Å². The van der Waals surface area contributed by atoms with E-state index >= 15 is 0 Å². The summed E-state index contributed by atoms with van der Waals surface area (Å²) in [6, 6.07) is -0.229. The van der Waals surface area contributed by atoms with Crippen molar-refractivity contribution in [3.63, 3.8) is 0 Å². The van der Waals surface area contributed by atoms with Gasteiger partial charge in [-0.05, 0) is 31.1 Å². The molecular formula is C12H16N4O3. The maximum Gasteiger partial charge on any atom is 0.308 e. The van der Waals surface area contributed by atoms with Crippen molar-refractivity contribution in [1.29, 1.82) is 0 Å². The first-order valence-electron chi connectivity index (χ1n) is 6.49. The van der Waals surface area contributed by atoms with Gasteiger partial charge in [-0.15, -0.1) is 0 Å². The predicted molar refractivity (Wildman–Crippen MR) is 63.9 cm³/mol. The first kappa shape index (κ1) is 12.1. The van der Waals surface area contributed by atoms with Gasteiger partial charge in [0.1, 0.15) is 19.2 Å². The highest BCUT2D eigenvalue weighted by molar-refractivity contribution is 5.78. The van der Waals surface area contributed by atoms with Crippen LogP contribution in [0.3, 0.4) is 0 Å². The minimum atomic E-state index is -0.793. The van der Waals surface area contributed by atoms with E-state index in [0.717, 1.165) is 19.3 Å². The van der Waals surface area contributed by atoms with E-state index in [2.05, 4.69) is 15.4 Å². The standard InChI is InChI=1S/C12H16N4O3/c17-9(4-16-6-13-5-14-16)15-11-8-2-1-7(3-8)10(11)12(18)19/h5-8,10-11H,1-4H2,(H,15,17)(H,18,19). The maximum absolute atomic E-state index is 11.9. The van der Waals surface area contributed by atoms with Gasteiger partial charge < -0.3 is 10.4 Å². The van der Waals surface area contributed by atoms with Gasteiger partial charge in [-0.2, -0.15) is 5.10 Å². The normalized spacial score (nSPS) is 32.4. The van der Waals surface area contributed by atoms with Gasteiger partial charge in [0.2, 0.25) is 5.91 Å². The summed E-state index contributed by atoms with van der Waals surface area (Å²) in [6.45, 7) is 0.0836. The third-order valence-electron chi connectivity index (χ3n) is 4.30. The summed E-state index contributed by atoms with van der Waals surface area (Å²) in [7, 11) is 0. The van der Waals surface area contributed by atoms with E-state index in [1.807, 2.05) is 0 Å². The summed E-state index contributed by atoms with van der Waals surface area (Å²) < 4.78 is 1.43. The molecule has 7 heteroatoms. The first-order valence-corrected chi connectivity index (χ1v) is 6.49. The Morgan fingerprint density at radius 3 is 2.84 bits per heavy atom.